The second-order valence-electron chi connectivity index (χ2n) is 9.06. The Morgan fingerprint density at radius 3 is 2.62 bits per heavy atom. The minimum absolute atomic E-state index is 0.0670. The molecule has 2 fully saturated rings. The van der Waals surface area contributed by atoms with Crippen LogP contribution < -0.4 is 0 Å². The number of fused-ring (bicyclic) bond motifs is 3. The predicted molar refractivity (Wildman–Crippen MR) is 94.3 cm³/mol. The zero-order valence-corrected chi connectivity index (χ0v) is 15.9. The van der Waals surface area contributed by atoms with Gasteiger partial charge in [-0.15, -0.1) is 0 Å². The summed E-state index contributed by atoms with van der Waals surface area (Å²) >= 11 is 0. The number of carbonyl (C=O) groups excluding carboxylic acids is 2. The molecule has 134 valence electrons. The molecule has 3 rings (SSSR count). The van der Waals surface area contributed by atoms with E-state index in [4.69, 9.17) is 4.74 Å². The number of methoxy groups -OCH3 is 1. The topological polar surface area (TPSA) is 43.4 Å². The van der Waals surface area contributed by atoms with E-state index in [9.17, 15) is 9.59 Å². The van der Waals surface area contributed by atoms with E-state index in [0.717, 1.165) is 32.1 Å². The van der Waals surface area contributed by atoms with Gasteiger partial charge in [-0.1, -0.05) is 38.8 Å². The number of rotatable bonds is 2. The lowest BCUT2D eigenvalue weighted by molar-refractivity contribution is -0.174. The quantitative estimate of drug-likeness (QED) is 0.550. The summed E-state index contributed by atoms with van der Waals surface area (Å²) in [4.78, 5) is 25.5. The van der Waals surface area contributed by atoms with Crippen molar-refractivity contribution in [3.63, 3.8) is 0 Å². The van der Waals surface area contributed by atoms with E-state index in [1.165, 1.54) is 12.7 Å². The number of ether oxygens (including phenoxy) is 1. The molecule has 0 aromatic heterocycles. The first-order valence-electron chi connectivity index (χ1n) is 9.55. The summed E-state index contributed by atoms with van der Waals surface area (Å²) in [6.07, 6.45) is 8.03. The number of allylic oxidation sites excluding steroid dienone is 2. The minimum atomic E-state index is -0.510. The first-order valence-corrected chi connectivity index (χ1v) is 9.55. The van der Waals surface area contributed by atoms with Crippen LogP contribution in [0.1, 0.15) is 66.2 Å². The molecular weight excluding hydrogens is 300 g/mol. The van der Waals surface area contributed by atoms with Gasteiger partial charge in [0.05, 0.1) is 12.5 Å². The summed E-state index contributed by atoms with van der Waals surface area (Å²) in [5, 5.41) is 0. The molecule has 5 atom stereocenters. The average Bonchev–Trinajstić information content (AvgIpc) is 2.56. The van der Waals surface area contributed by atoms with Gasteiger partial charge in [-0.05, 0) is 55.8 Å². The molecule has 0 saturated heterocycles. The van der Waals surface area contributed by atoms with Crippen molar-refractivity contribution in [3.8, 4) is 0 Å². The highest BCUT2D eigenvalue weighted by molar-refractivity contribution is 5.86. The Morgan fingerprint density at radius 1 is 1.29 bits per heavy atom. The van der Waals surface area contributed by atoms with Gasteiger partial charge >= 0.3 is 5.97 Å². The van der Waals surface area contributed by atoms with Gasteiger partial charge in [0, 0.05) is 12.3 Å². The predicted octanol–water partition coefficient (Wildman–Crippen LogP) is 4.55. The number of ketones is 1. The Morgan fingerprint density at radius 2 is 2.00 bits per heavy atom. The molecule has 0 N–H and O–H groups in total. The van der Waals surface area contributed by atoms with Crippen LogP contribution in [0.25, 0.3) is 0 Å². The highest BCUT2D eigenvalue weighted by Crippen LogP contribution is 2.63. The summed E-state index contributed by atoms with van der Waals surface area (Å²) in [5.74, 6) is 1.31. The molecule has 0 aromatic carbocycles. The fourth-order valence-corrected chi connectivity index (χ4v) is 6.10. The molecule has 0 heterocycles. The Labute approximate surface area is 146 Å². The van der Waals surface area contributed by atoms with Crippen LogP contribution in [-0.4, -0.2) is 18.9 Å². The molecule has 0 spiro atoms. The molecular formula is C21H32O3. The van der Waals surface area contributed by atoms with Crippen LogP contribution >= 0.6 is 0 Å². The third-order valence-electron chi connectivity index (χ3n) is 7.57. The lowest BCUT2D eigenvalue weighted by atomic mass is 9.44. The van der Waals surface area contributed by atoms with Crippen molar-refractivity contribution >= 4 is 11.8 Å². The zero-order chi connectivity index (χ0) is 17.7. The minimum Gasteiger partial charge on any atom is -0.469 e. The van der Waals surface area contributed by atoms with Gasteiger partial charge in [-0.3, -0.25) is 9.59 Å². The third kappa shape index (κ3) is 2.46. The highest BCUT2D eigenvalue weighted by atomic mass is 16.5. The molecule has 0 bridgehead atoms. The second-order valence-corrected chi connectivity index (χ2v) is 9.06. The zero-order valence-electron chi connectivity index (χ0n) is 15.9. The van der Waals surface area contributed by atoms with Crippen molar-refractivity contribution < 1.29 is 14.3 Å². The summed E-state index contributed by atoms with van der Waals surface area (Å²) < 4.78 is 5.14. The van der Waals surface area contributed by atoms with Crippen molar-refractivity contribution in [1.82, 2.24) is 0 Å². The van der Waals surface area contributed by atoms with E-state index in [-0.39, 0.29) is 23.2 Å². The average molecular weight is 332 g/mol. The summed E-state index contributed by atoms with van der Waals surface area (Å²) in [6, 6.07) is 0. The molecule has 0 unspecified atom stereocenters. The van der Waals surface area contributed by atoms with E-state index in [1.807, 2.05) is 6.92 Å². The third-order valence-corrected chi connectivity index (χ3v) is 7.57. The maximum atomic E-state index is 13.0. The van der Waals surface area contributed by atoms with Gasteiger partial charge < -0.3 is 4.74 Å². The fraction of sp³-hybridized carbons (Fsp3) is 0.810. The molecule has 24 heavy (non-hydrogen) atoms. The summed E-state index contributed by atoms with van der Waals surface area (Å²) in [7, 11) is 1.48. The van der Waals surface area contributed by atoms with Crippen LogP contribution in [0.3, 0.4) is 0 Å². The fourth-order valence-electron chi connectivity index (χ4n) is 6.10. The number of hydrogen-bond donors (Lipinski definition) is 0. The monoisotopic (exact) mass is 332 g/mol. The first kappa shape index (κ1) is 17.7. The number of hydrogen-bond acceptors (Lipinski definition) is 3. The summed E-state index contributed by atoms with van der Waals surface area (Å²) in [6.45, 7) is 8.82. The van der Waals surface area contributed by atoms with Gasteiger partial charge in [0.25, 0.3) is 0 Å². The largest absolute Gasteiger partial charge is 0.469 e. The molecule has 3 aliphatic carbocycles. The number of carbonyl (C=O) groups is 2. The maximum absolute atomic E-state index is 13.0. The highest BCUT2D eigenvalue weighted by Gasteiger charge is 2.61. The Balaban J connectivity index is 1.99. The van der Waals surface area contributed by atoms with Gasteiger partial charge in [0.15, 0.2) is 0 Å². The van der Waals surface area contributed by atoms with Crippen LogP contribution in [0.5, 0.6) is 0 Å². The Hall–Kier alpha value is -1.12. The smallest absolute Gasteiger partial charge is 0.311 e. The van der Waals surface area contributed by atoms with E-state index >= 15 is 0 Å². The van der Waals surface area contributed by atoms with Crippen LogP contribution in [0, 0.1) is 34.5 Å². The Kier molecular flexibility index (Phi) is 4.42. The summed E-state index contributed by atoms with van der Waals surface area (Å²) in [5.41, 5.74) is 1.00. The van der Waals surface area contributed by atoms with Gasteiger partial charge in [-0.25, -0.2) is 0 Å². The standard InChI is InChI=1S/C21H32O3/c1-13(2)14-7-8-16-15(11-14)17(22)12-18-20(16,3)9-6-10-21(18,4)19(23)24-5/h11,13,15-16,18H,6-10,12H2,1-5H3/t15-,16-,18+,20+,21-/m0/s1. The van der Waals surface area contributed by atoms with Gasteiger partial charge in [-0.2, -0.15) is 0 Å². The van der Waals surface area contributed by atoms with Crippen LogP contribution in [0.15, 0.2) is 11.6 Å². The molecule has 0 aromatic rings. The van der Waals surface area contributed by atoms with Gasteiger partial charge in [0.2, 0.25) is 0 Å². The lowest BCUT2D eigenvalue weighted by Crippen LogP contribution is -2.57. The van der Waals surface area contributed by atoms with Crippen LogP contribution in [0.2, 0.25) is 0 Å². The SMILES string of the molecule is COC(=O)[C@@]1(C)CCC[C@@]2(C)[C@H]1CC(=O)[C@H]1C=C(C(C)C)CC[C@@H]12. The molecule has 3 aliphatic rings. The molecule has 2 saturated carbocycles. The second kappa shape index (κ2) is 6.00. The molecule has 3 heteroatoms. The molecule has 0 amide bonds. The van der Waals surface area contributed by atoms with Gasteiger partial charge in [0.1, 0.15) is 5.78 Å². The van der Waals surface area contributed by atoms with E-state index in [1.54, 1.807) is 0 Å². The van der Waals surface area contributed by atoms with Crippen molar-refractivity contribution in [3.05, 3.63) is 11.6 Å². The van der Waals surface area contributed by atoms with Crippen molar-refractivity contribution in [1.29, 1.82) is 0 Å². The molecule has 3 nitrogen and oxygen atoms in total. The van der Waals surface area contributed by atoms with E-state index in [2.05, 4.69) is 26.8 Å². The van der Waals surface area contributed by atoms with Crippen molar-refractivity contribution in [2.75, 3.05) is 7.11 Å². The first-order chi connectivity index (χ1) is 11.2. The number of Topliss-reactive ketones (excluding diaryl/α,β-unsaturated/α-hetero) is 1. The normalized spacial score (nSPS) is 42.2. The number of esters is 1. The molecule has 0 aliphatic heterocycles. The van der Waals surface area contributed by atoms with E-state index in [0.29, 0.717) is 24.0 Å². The molecule has 0 radical (unpaired) electrons. The van der Waals surface area contributed by atoms with Crippen molar-refractivity contribution in [2.24, 2.45) is 34.5 Å². The Bertz CT molecular complexity index is 576. The van der Waals surface area contributed by atoms with E-state index < -0.39 is 5.41 Å². The maximum Gasteiger partial charge on any atom is 0.311 e. The lowest BCUT2D eigenvalue weighted by Gasteiger charge is -2.59. The van der Waals surface area contributed by atoms with Crippen LogP contribution in [-0.2, 0) is 14.3 Å². The van der Waals surface area contributed by atoms with Crippen molar-refractivity contribution in [2.45, 2.75) is 66.2 Å². The van der Waals surface area contributed by atoms with Crippen LogP contribution in [0.4, 0.5) is 0 Å².